The van der Waals surface area contributed by atoms with Crippen LogP contribution in [0.3, 0.4) is 0 Å². The summed E-state index contributed by atoms with van der Waals surface area (Å²) < 4.78 is 6.40. The second-order valence-corrected chi connectivity index (χ2v) is 11.4. The van der Waals surface area contributed by atoms with Crippen LogP contribution in [0.4, 0.5) is 0 Å². The van der Waals surface area contributed by atoms with E-state index in [0.717, 1.165) is 6.29 Å². The van der Waals surface area contributed by atoms with E-state index in [1.165, 1.54) is 0 Å². The molecule has 0 aromatic carbocycles. The van der Waals surface area contributed by atoms with Gasteiger partial charge in [-0.25, -0.2) is 0 Å². The maximum absolute atomic E-state index is 10.9. The minimum Gasteiger partial charge on any atom is -0.402 e. The molecule has 0 unspecified atom stereocenters. The van der Waals surface area contributed by atoms with Crippen LogP contribution in [0.1, 0.15) is 48.5 Å². The average Bonchev–Trinajstić information content (AvgIpc) is 2.28. The summed E-state index contributed by atoms with van der Waals surface area (Å²) in [4.78, 5) is 10.9. The molecule has 2 atom stereocenters. The first-order valence-electron chi connectivity index (χ1n) is 6.83. The van der Waals surface area contributed by atoms with E-state index in [4.69, 9.17) is 10.8 Å². The Morgan fingerprint density at radius 3 is 1.61 bits per heavy atom. The molecule has 0 saturated carbocycles. The number of carbonyl (C=O) groups excluding carboxylic acids is 1. The Labute approximate surface area is 114 Å². The van der Waals surface area contributed by atoms with Crippen LogP contribution >= 0.6 is 0 Å². The number of rotatable bonds is 7. The molecule has 0 heterocycles. The highest BCUT2D eigenvalue weighted by Gasteiger charge is 2.47. The Kier molecular flexibility index (Phi) is 6.87. The van der Waals surface area contributed by atoms with Crippen LogP contribution in [0.15, 0.2) is 0 Å². The Hall–Kier alpha value is -0.593. The smallest absolute Gasteiger partial charge is 0.202 e. The summed E-state index contributed by atoms with van der Waals surface area (Å²) in [5, 5.41) is 0. The minimum atomic E-state index is -1.99. The van der Waals surface area contributed by atoms with Gasteiger partial charge in [0, 0.05) is 5.92 Å². The molecular weight excluding hydrogens is 240 g/mol. The third-order valence-electron chi connectivity index (χ3n) is 3.89. The lowest BCUT2D eigenvalue weighted by Crippen LogP contribution is -2.51. The zero-order valence-electron chi connectivity index (χ0n) is 12.9. The zero-order chi connectivity index (χ0) is 14.5. The van der Waals surface area contributed by atoms with Gasteiger partial charge in [-0.1, -0.05) is 54.4 Å². The molecule has 18 heavy (non-hydrogen) atoms. The summed E-state index contributed by atoms with van der Waals surface area (Å²) in [5.41, 5.74) is 1.44. The van der Waals surface area contributed by atoms with E-state index < -0.39 is 8.32 Å². The summed E-state index contributed by atoms with van der Waals surface area (Å²) in [6, 6.07) is 0. The van der Waals surface area contributed by atoms with Crippen molar-refractivity contribution in [1.29, 1.82) is 0 Å². The van der Waals surface area contributed by atoms with Crippen molar-refractivity contribution in [3.05, 3.63) is 0 Å². The second-order valence-electron chi connectivity index (χ2n) is 6.02. The largest absolute Gasteiger partial charge is 0.402 e. The van der Waals surface area contributed by atoms with Crippen molar-refractivity contribution in [1.82, 2.24) is 0 Å². The van der Waals surface area contributed by atoms with Crippen LogP contribution in [0.5, 0.6) is 0 Å². The van der Waals surface area contributed by atoms with Gasteiger partial charge in [0.25, 0.3) is 0 Å². The van der Waals surface area contributed by atoms with E-state index >= 15 is 0 Å². The summed E-state index contributed by atoms with van der Waals surface area (Å²) in [6.45, 7) is 15.1. The first-order valence-corrected chi connectivity index (χ1v) is 8.97. The molecule has 0 rings (SSSR count). The molecule has 0 aliphatic rings. The molecule has 0 aromatic heterocycles. The van der Waals surface area contributed by atoms with Crippen molar-refractivity contribution in [3.8, 4) is 12.3 Å². The van der Waals surface area contributed by atoms with Gasteiger partial charge in [-0.05, 0) is 16.6 Å². The van der Waals surface area contributed by atoms with Crippen LogP contribution in [-0.4, -0.2) is 20.7 Å². The first-order chi connectivity index (χ1) is 8.23. The molecule has 2 nitrogen and oxygen atoms in total. The van der Waals surface area contributed by atoms with Crippen molar-refractivity contribution in [2.45, 2.75) is 71.2 Å². The first kappa shape index (κ1) is 17.4. The van der Waals surface area contributed by atoms with Gasteiger partial charge >= 0.3 is 0 Å². The molecular formula is C15H28O2Si. The van der Waals surface area contributed by atoms with Crippen molar-refractivity contribution in [2.24, 2.45) is 5.92 Å². The molecule has 3 heteroatoms. The molecule has 0 aliphatic carbocycles. The topological polar surface area (TPSA) is 26.3 Å². The standard InChI is InChI=1S/C15H28O2Si/c1-9-15(14(8)10-16)17-18(11(2)3,12(4)5)13(6)7/h1,10-15H,2-8H3/t14-,15+/m0/s1. The van der Waals surface area contributed by atoms with E-state index in [9.17, 15) is 4.79 Å². The Balaban J connectivity index is 5.35. The van der Waals surface area contributed by atoms with Crippen LogP contribution in [0.25, 0.3) is 0 Å². The highest BCUT2D eigenvalue weighted by Crippen LogP contribution is 2.43. The molecule has 0 bridgehead atoms. The van der Waals surface area contributed by atoms with Gasteiger partial charge in [0.15, 0.2) is 0 Å². The number of carbonyl (C=O) groups is 1. The fourth-order valence-corrected chi connectivity index (χ4v) is 8.53. The molecule has 0 spiro atoms. The molecule has 0 amide bonds. The molecule has 0 saturated heterocycles. The van der Waals surface area contributed by atoms with Crippen molar-refractivity contribution in [3.63, 3.8) is 0 Å². The van der Waals surface area contributed by atoms with E-state index in [1.54, 1.807) is 0 Å². The zero-order valence-corrected chi connectivity index (χ0v) is 13.9. The summed E-state index contributed by atoms with van der Waals surface area (Å²) >= 11 is 0. The van der Waals surface area contributed by atoms with Gasteiger partial charge in [-0.2, -0.15) is 0 Å². The van der Waals surface area contributed by atoms with Gasteiger partial charge in [0.2, 0.25) is 8.32 Å². The van der Waals surface area contributed by atoms with Gasteiger partial charge < -0.3 is 9.22 Å². The van der Waals surface area contributed by atoms with Gasteiger partial charge in [0.1, 0.15) is 12.4 Å². The lowest BCUT2D eigenvalue weighted by molar-refractivity contribution is -0.112. The van der Waals surface area contributed by atoms with E-state index in [0.29, 0.717) is 16.6 Å². The third-order valence-corrected chi connectivity index (χ3v) is 9.97. The Morgan fingerprint density at radius 1 is 1.00 bits per heavy atom. The fraction of sp³-hybridized carbons (Fsp3) is 0.800. The van der Waals surface area contributed by atoms with E-state index in [1.807, 2.05) is 6.92 Å². The van der Waals surface area contributed by atoms with Gasteiger partial charge in [-0.3, -0.25) is 0 Å². The lowest BCUT2D eigenvalue weighted by Gasteiger charge is -2.44. The molecule has 0 aromatic rings. The molecule has 0 radical (unpaired) electrons. The number of hydrogen-bond donors (Lipinski definition) is 0. The predicted molar refractivity (Wildman–Crippen MR) is 80.0 cm³/mol. The van der Waals surface area contributed by atoms with Gasteiger partial charge in [-0.15, -0.1) is 6.42 Å². The number of terminal acetylenes is 1. The van der Waals surface area contributed by atoms with Crippen molar-refractivity contribution in [2.75, 3.05) is 0 Å². The summed E-state index contributed by atoms with van der Waals surface area (Å²) in [6.07, 6.45) is 6.05. The summed E-state index contributed by atoms with van der Waals surface area (Å²) in [5.74, 6) is 2.42. The Bertz CT molecular complexity index is 280. The predicted octanol–water partition coefficient (Wildman–Crippen LogP) is 4.02. The second kappa shape index (κ2) is 7.11. The SMILES string of the molecule is C#C[C@@H](O[Si](C(C)C)(C(C)C)C(C)C)[C@@H](C)C=O. The normalized spacial score (nSPS) is 15.8. The molecule has 0 fully saturated rings. The molecule has 104 valence electrons. The third kappa shape index (κ3) is 3.46. The average molecular weight is 268 g/mol. The quantitative estimate of drug-likeness (QED) is 0.396. The molecule has 0 aliphatic heterocycles. The van der Waals surface area contributed by atoms with Gasteiger partial charge in [0.05, 0.1) is 0 Å². The monoisotopic (exact) mass is 268 g/mol. The van der Waals surface area contributed by atoms with Crippen molar-refractivity contribution < 1.29 is 9.22 Å². The van der Waals surface area contributed by atoms with E-state index in [-0.39, 0.29) is 12.0 Å². The summed E-state index contributed by atoms with van der Waals surface area (Å²) in [7, 11) is -1.99. The van der Waals surface area contributed by atoms with Crippen LogP contribution in [0.2, 0.25) is 16.6 Å². The fourth-order valence-electron chi connectivity index (χ4n) is 2.99. The number of aldehydes is 1. The maximum atomic E-state index is 10.9. The van der Waals surface area contributed by atoms with E-state index in [2.05, 4.69) is 47.5 Å². The van der Waals surface area contributed by atoms with Crippen molar-refractivity contribution >= 4 is 14.6 Å². The van der Waals surface area contributed by atoms with Crippen LogP contribution < -0.4 is 0 Å². The highest BCUT2D eigenvalue weighted by atomic mass is 28.4. The Morgan fingerprint density at radius 2 is 1.39 bits per heavy atom. The minimum absolute atomic E-state index is 0.238. The van der Waals surface area contributed by atoms with Crippen LogP contribution in [-0.2, 0) is 9.22 Å². The number of hydrogen-bond acceptors (Lipinski definition) is 2. The lowest BCUT2D eigenvalue weighted by atomic mass is 10.1. The highest BCUT2D eigenvalue weighted by molar-refractivity contribution is 6.77. The maximum Gasteiger partial charge on any atom is 0.202 e. The van der Waals surface area contributed by atoms with Crippen LogP contribution in [0, 0.1) is 18.3 Å². The molecule has 0 N–H and O–H groups in total.